The predicted octanol–water partition coefficient (Wildman–Crippen LogP) is 1.33. The highest BCUT2D eigenvalue weighted by molar-refractivity contribution is 6.20. The number of methoxy groups -OCH3 is 1. The van der Waals surface area contributed by atoms with E-state index in [4.69, 9.17) is 4.84 Å². The largest absolute Gasteiger partial charge is 0.466 e. The highest BCUT2D eigenvalue weighted by Gasteiger charge is 2.36. The average molecular weight is 275 g/mol. The number of imide groups is 1. The van der Waals surface area contributed by atoms with E-state index in [2.05, 4.69) is 4.74 Å². The van der Waals surface area contributed by atoms with Crippen LogP contribution in [0.3, 0.4) is 0 Å². The van der Waals surface area contributed by atoms with Crippen LogP contribution in [0.15, 0.2) is 35.9 Å². The molecule has 0 saturated carbocycles. The first-order valence-electron chi connectivity index (χ1n) is 5.92. The van der Waals surface area contributed by atoms with Gasteiger partial charge < -0.3 is 4.74 Å². The number of carbonyl (C=O) groups is 3. The Morgan fingerprint density at radius 2 is 1.75 bits per heavy atom. The lowest BCUT2D eigenvalue weighted by Crippen LogP contribution is -2.30. The zero-order valence-electron chi connectivity index (χ0n) is 11.1. The Morgan fingerprint density at radius 1 is 1.20 bits per heavy atom. The SMILES string of the molecule is COC(=O)/C(C)=C/CON1C(=O)c2ccccc2C1=O. The molecule has 0 atom stereocenters. The number of hydrogen-bond acceptors (Lipinski definition) is 5. The van der Waals surface area contributed by atoms with Crippen LogP contribution in [0.2, 0.25) is 0 Å². The van der Waals surface area contributed by atoms with Crippen LogP contribution in [0.1, 0.15) is 27.6 Å². The van der Waals surface area contributed by atoms with Gasteiger partial charge in [-0.25, -0.2) is 4.79 Å². The van der Waals surface area contributed by atoms with Crippen LogP contribution in [0.4, 0.5) is 0 Å². The molecule has 6 heteroatoms. The fraction of sp³-hybridized carbons (Fsp3) is 0.214. The molecule has 0 fully saturated rings. The molecule has 1 aliphatic heterocycles. The minimum absolute atomic E-state index is 0.0770. The molecule has 1 aromatic rings. The lowest BCUT2D eigenvalue weighted by molar-refractivity contribution is -0.136. The molecule has 1 aromatic carbocycles. The van der Waals surface area contributed by atoms with Gasteiger partial charge in [-0.1, -0.05) is 12.1 Å². The molecule has 2 rings (SSSR count). The smallest absolute Gasteiger partial charge is 0.333 e. The van der Waals surface area contributed by atoms with E-state index in [9.17, 15) is 14.4 Å². The summed E-state index contributed by atoms with van der Waals surface area (Å²) >= 11 is 0. The Labute approximate surface area is 115 Å². The van der Waals surface area contributed by atoms with Gasteiger partial charge in [0.15, 0.2) is 0 Å². The number of hydrogen-bond donors (Lipinski definition) is 0. The van der Waals surface area contributed by atoms with Crippen molar-refractivity contribution in [1.29, 1.82) is 0 Å². The van der Waals surface area contributed by atoms with Gasteiger partial charge in [0.2, 0.25) is 0 Å². The lowest BCUT2D eigenvalue weighted by atomic mass is 10.1. The Kier molecular flexibility index (Phi) is 3.95. The van der Waals surface area contributed by atoms with Crippen LogP contribution in [0, 0.1) is 0 Å². The third-order valence-corrected chi connectivity index (χ3v) is 2.86. The van der Waals surface area contributed by atoms with E-state index in [0.29, 0.717) is 21.8 Å². The number of ether oxygens (including phenoxy) is 1. The predicted molar refractivity (Wildman–Crippen MR) is 68.7 cm³/mol. The molecule has 1 heterocycles. The van der Waals surface area contributed by atoms with E-state index < -0.39 is 17.8 Å². The number of amides is 2. The van der Waals surface area contributed by atoms with E-state index in [1.165, 1.54) is 13.2 Å². The monoisotopic (exact) mass is 275 g/mol. The van der Waals surface area contributed by atoms with Gasteiger partial charge in [-0.05, 0) is 25.1 Å². The summed E-state index contributed by atoms with van der Waals surface area (Å²) in [4.78, 5) is 40.2. The molecule has 2 amide bonds. The molecule has 0 unspecified atom stereocenters. The van der Waals surface area contributed by atoms with Crippen LogP contribution in [0.5, 0.6) is 0 Å². The highest BCUT2D eigenvalue weighted by atomic mass is 16.7. The molecule has 6 nitrogen and oxygen atoms in total. The van der Waals surface area contributed by atoms with Crippen molar-refractivity contribution in [1.82, 2.24) is 5.06 Å². The summed E-state index contributed by atoms with van der Waals surface area (Å²) in [6, 6.07) is 6.48. The van der Waals surface area contributed by atoms with Gasteiger partial charge >= 0.3 is 5.97 Å². The van der Waals surface area contributed by atoms with Crippen LogP contribution < -0.4 is 0 Å². The van der Waals surface area contributed by atoms with Crippen molar-refractivity contribution < 1.29 is 24.0 Å². The maximum atomic E-state index is 11.9. The number of esters is 1. The topological polar surface area (TPSA) is 72.9 Å². The number of fused-ring (bicyclic) bond motifs is 1. The third-order valence-electron chi connectivity index (χ3n) is 2.86. The number of hydroxylamine groups is 2. The second kappa shape index (κ2) is 5.66. The van der Waals surface area contributed by atoms with Crippen LogP contribution in [-0.4, -0.2) is 36.6 Å². The van der Waals surface area contributed by atoms with Crippen molar-refractivity contribution in [2.45, 2.75) is 6.92 Å². The fourth-order valence-electron chi connectivity index (χ4n) is 1.77. The second-order valence-electron chi connectivity index (χ2n) is 4.12. The van der Waals surface area contributed by atoms with E-state index in [-0.39, 0.29) is 6.61 Å². The van der Waals surface area contributed by atoms with Crippen LogP contribution in [0.25, 0.3) is 0 Å². The van der Waals surface area contributed by atoms with E-state index in [1.807, 2.05) is 0 Å². The van der Waals surface area contributed by atoms with Crippen LogP contribution >= 0.6 is 0 Å². The molecule has 20 heavy (non-hydrogen) atoms. The van der Waals surface area contributed by atoms with E-state index in [0.717, 1.165) is 0 Å². The maximum Gasteiger partial charge on any atom is 0.333 e. The molecule has 1 aliphatic rings. The summed E-state index contributed by atoms with van der Waals surface area (Å²) in [5.74, 6) is -1.50. The molecule has 0 saturated heterocycles. The molecular weight excluding hydrogens is 262 g/mol. The highest BCUT2D eigenvalue weighted by Crippen LogP contribution is 2.22. The summed E-state index contributed by atoms with van der Waals surface area (Å²) in [5, 5.41) is 0.700. The van der Waals surface area contributed by atoms with Gasteiger partial charge in [0, 0.05) is 5.57 Å². The number of carbonyl (C=O) groups excluding carboxylic acids is 3. The average Bonchev–Trinajstić information content (AvgIpc) is 2.71. The Balaban J connectivity index is 2.05. The van der Waals surface area contributed by atoms with Gasteiger partial charge in [0.25, 0.3) is 11.8 Å². The molecule has 0 spiro atoms. The van der Waals surface area contributed by atoms with E-state index in [1.54, 1.807) is 31.2 Å². The van der Waals surface area contributed by atoms with Crippen molar-refractivity contribution >= 4 is 17.8 Å². The Hall–Kier alpha value is -2.47. The molecule has 0 bridgehead atoms. The van der Waals surface area contributed by atoms with Gasteiger partial charge in [-0.15, -0.1) is 5.06 Å². The number of rotatable bonds is 4. The van der Waals surface area contributed by atoms with Crippen molar-refractivity contribution in [2.24, 2.45) is 0 Å². The van der Waals surface area contributed by atoms with Crippen LogP contribution in [-0.2, 0) is 14.4 Å². The van der Waals surface area contributed by atoms with Gasteiger partial charge in [0.1, 0.15) is 0 Å². The number of nitrogens with zero attached hydrogens (tertiary/aromatic N) is 1. The van der Waals surface area contributed by atoms with Gasteiger partial charge in [-0.2, -0.15) is 0 Å². The van der Waals surface area contributed by atoms with E-state index >= 15 is 0 Å². The minimum Gasteiger partial charge on any atom is -0.466 e. The summed E-state index contributed by atoms with van der Waals surface area (Å²) in [6.07, 6.45) is 1.44. The van der Waals surface area contributed by atoms with Crippen molar-refractivity contribution in [3.63, 3.8) is 0 Å². The zero-order chi connectivity index (χ0) is 14.7. The standard InChI is InChI=1S/C14H13NO5/c1-9(14(18)19-2)7-8-20-15-12(16)10-5-3-4-6-11(10)13(15)17/h3-7H,8H2,1-2H3/b9-7+. The molecule has 0 aliphatic carbocycles. The molecule has 0 N–H and O–H groups in total. The zero-order valence-corrected chi connectivity index (χ0v) is 11.1. The Bertz CT molecular complexity index is 570. The molecule has 104 valence electrons. The molecule has 0 aromatic heterocycles. The fourth-order valence-corrected chi connectivity index (χ4v) is 1.77. The first-order chi connectivity index (χ1) is 9.56. The quantitative estimate of drug-likeness (QED) is 0.471. The molecular formula is C14H13NO5. The number of benzene rings is 1. The summed E-state index contributed by atoms with van der Waals surface area (Å²) < 4.78 is 4.52. The van der Waals surface area contributed by atoms with Crippen molar-refractivity contribution in [3.05, 3.63) is 47.0 Å². The van der Waals surface area contributed by atoms with Gasteiger partial charge in [0.05, 0.1) is 24.8 Å². The summed E-state index contributed by atoms with van der Waals surface area (Å²) in [5.41, 5.74) is 0.960. The lowest BCUT2D eigenvalue weighted by Gasteiger charge is -2.11. The third kappa shape index (κ3) is 2.46. The molecule has 0 radical (unpaired) electrons. The van der Waals surface area contributed by atoms with Gasteiger partial charge in [-0.3, -0.25) is 14.4 Å². The Morgan fingerprint density at radius 3 is 2.25 bits per heavy atom. The minimum atomic E-state index is -0.505. The maximum absolute atomic E-state index is 11.9. The second-order valence-corrected chi connectivity index (χ2v) is 4.12. The first kappa shape index (κ1) is 14.0. The first-order valence-corrected chi connectivity index (χ1v) is 5.92. The van der Waals surface area contributed by atoms with Crippen molar-refractivity contribution in [2.75, 3.05) is 13.7 Å². The summed E-state index contributed by atoms with van der Waals surface area (Å²) in [6.45, 7) is 1.48. The normalized spacial score (nSPS) is 14.5. The van der Waals surface area contributed by atoms with Crippen molar-refractivity contribution in [3.8, 4) is 0 Å². The summed E-state index contributed by atoms with van der Waals surface area (Å²) in [7, 11) is 1.27.